The third-order valence-electron chi connectivity index (χ3n) is 2.83. The van der Waals surface area contributed by atoms with Crippen molar-refractivity contribution in [2.75, 3.05) is 19.9 Å². The highest BCUT2D eigenvalue weighted by Gasteiger charge is 2.06. The Morgan fingerprint density at radius 2 is 1.90 bits per heavy atom. The van der Waals surface area contributed by atoms with Crippen molar-refractivity contribution in [2.24, 2.45) is 0 Å². The molecule has 0 radical (unpaired) electrons. The molecule has 0 spiro atoms. The molecule has 6 heteroatoms. The van der Waals surface area contributed by atoms with E-state index in [4.69, 9.17) is 10.5 Å². The predicted molar refractivity (Wildman–Crippen MR) is 76.3 cm³/mol. The average molecular weight is 274 g/mol. The number of nitrogen functional groups attached to an aromatic ring is 1. The van der Waals surface area contributed by atoms with Gasteiger partial charge in [0.25, 0.3) is 0 Å². The van der Waals surface area contributed by atoms with Gasteiger partial charge in [0.2, 0.25) is 11.8 Å². The SMILES string of the molecule is COc1ccc(CN(C)Cc2cc(O)nc(N)n2)cc1. The maximum absolute atomic E-state index is 9.39. The predicted octanol–water partition coefficient (Wildman–Crippen LogP) is 1.40. The van der Waals surface area contributed by atoms with E-state index in [0.29, 0.717) is 12.2 Å². The molecule has 3 N–H and O–H groups in total. The highest BCUT2D eigenvalue weighted by Crippen LogP contribution is 2.14. The molecule has 1 aromatic heterocycles. The number of nitrogens with two attached hydrogens (primary N) is 1. The largest absolute Gasteiger partial charge is 0.497 e. The summed E-state index contributed by atoms with van der Waals surface area (Å²) in [6.45, 7) is 1.33. The van der Waals surface area contributed by atoms with E-state index in [0.717, 1.165) is 12.3 Å². The van der Waals surface area contributed by atoms with Crippen molar-refractivity contribution in [2.45, 2.75) is 13.1 Å². The zero-order chi connectivity index (χ0) is 14.5. The maximum atomic E-state index is 9.39. The fourth-order valence-corrected chi connectivity index (χ4v) is 1.96. The van der Waals surface area contributed by atoms with Gasteiger partial charge < -0.3 is 15.6 Å². The molecule has 1 aromatic carbocycles. The number of benzene rings is 1. The fourth-order valence-electron chi connectivity index (χ4n) is 1.96. The summed E-state index contributed by atoms with van der Waals surface area (Å²) in [5.74, 6) is 0.813. The van der Waals surface area contributed by atoms with Crippen molar-refractivity contribution in [3.8, 4) is 11.6 Å². The van der Waals surface area contributed by atoms with Crippen LogP contribution >= 0.6 is 0 Å². The number of aromatic hydroxyl groups is 1. The molecular formula is C14H18N4O2. The van der Waals surface area contributed by atoms with Crippen LogP contribution in [0.3, 0.4) is 0 Å². The summed E-state index contributed by atoms with van der Waals surface area (Å²) in [5.41, 5.74) is 7.36. The smallest absolute Gasteiger partial charge is 0.223 e. The molecule has 0 saturated heterocycles. The Hall–Kier alpha value is -2.34. The molecule has 6 nitrogen and oxygen atoms in total. The molecule has 20 heavy (non-hydrogen) atoms. The molecular weight excluding hydrogens is 256 g/mol. The van der Waals surface area contributed by atoms with Crippen molar-refractivity contribution in [1.82, 2.24) is 14.9 Å². The summed E-state index contributed by atoms with van der Waals surface area (Å²) < 4.78 is 5.12. The van der Waals surface area contributed by atoms with Crippen molar-refractivity contribution >= 4 is 5.95 Å². The van der Waals surface area contributed by atoms with Crippen molar-refractivity contribution in [3.63, 3.8) is 0 Å². The molecule has 0 aliphatic carbocycles. The van der Waals surface area contributed by atoms with E-state index < -0.39 is 0 Å². The Morgan fingerprint density at radius 3 is 2.50 bits per heavy atom. The van der Waals surface area contributed by atoms with Gasteiger partial charge in [0.15, 0.2) is 0 Å². The zero-order valence-electron chi connectivity index (χ0n) is 11.6. The van der Waals surface area contributed by atoms with Gasteiger partial charge in [0.05, 0.1) is 12.8 Å². The summed E-state index contributed by atoms with van der Waals surface area (Å²) in [6, 6.07) is 9.40. The van der Waals surface area contributed by atoms with Crippen LogP contribution in [0.2, 0.25) is 0 Å². The third kappa shape index (κ3) is 3.83. The second-order valence-corrected chi connectivity index (χ2v) is 4.60. The Bertz CT molecular complexity index is 552. The summed E-state index contributed by atoms with van der Waals surface area (Å²) in [6.07, 6.45) is 0. The molecule has 1 heterocycles. The van der Waals surface area contributed by atoms with Gasteiger partial charge in [-0.1, -0.05) is 12.1 Å². The molecule has 0 bridgehead atoms. The maximum Gasteiger partial charge on any atom is 0.223 e. The first-order valence-electron chi connectivity index (χ1n) is 6.20. The van der Waals surface area contributed by atoms with Crippen LogP contribution in [-0.2, 0) is 13.1 Å². The van der Waals surface area contributed by atoms with Gasteiger partial charge in [-0.05, 0) is 24.7 Å². The topological polar surface area (TPSA) is 84.5 Å². The summed E-state index contributed by atoms with van der Waals surface area (Å²) in [5, 5.41) is 9.39. The molecule has 0 aliphatic heterocycles. The van der Waals surface area contributed by atoms with Crippen LogP contribution in [0.5, 0.6) is 11.6 Å². The van der Waals surface area contributed by atoms with Crippen LogP contribution < -0.4 is 10.5 Å². The van der Waals surface area contributed by atoms with Crippen LogP contribution in [0, 0.1) is 0 Å². The van der Waals surface area contributed by atoms with Crippen molar-refractivity contribution in [1.29, 1.82) is 0 Å². The molecule has 2 aromatic rings. The lowest BCUT2D eigenvalue weighted by Crippen LogP contribution is -2.18. The van der Waals surface area contributed by atoms with E-state index in [9.17, 15) is 5.11 Å². The number of hydrogen-bond acceptors (Lipinski definition) is 6. The van der Waals surface area contributed by atoms with E-state index in [2.05, 4.69) is 14.9 Å². The van der Waals surface area contributed by atoms with Crippen molar-refractivity contribution < 1.29 is 9.84 Å². The lowest BCUT2D eigenvalue weighted by Gasteiger charge is -2.16. The van der Waals surface area contributed by atoms with Gasteiger partial charge in [-0.2, -0.15) is 4.98 Å². The van der Waals surface area contributed by atoms with Crippen LogP contribution in [0.15, 0.2) is 30.3 Å². The number of ether oxygens (including phenoxy) is 1. The number of methoxy groups -OCH3 is 1. The number of rotatable bonds is 5. The second kappa shape index (κ2) is 6.21. The van der Waals surface area contributed by atoms with Gasteiger partial charge in [0, 0.05) is 19.2 Å². The second-order valence-electron chi connectivity index (χ2n) is 4.60. The third-order valence-corrected chi connectivity index (χ3v) is 2.83. The zero-order valence-corrected chi connectivity index (χ0v) is 11.6. The van der Waals surface area contributed by atoms with Crippen molar-refractivity contribution in [3.05, 3.63) is 41.6 Å². The van der Waals surface area contributed by atoms with Gasteiger partial charge in [-0.3, -0.25) is 4.90 Å². The Balaban J connectivity index is 1.98. The van der Waals surface area contributed by atoms with E-state index in [1.165, 1.54) is 11.6 Å². The number of nitrogens with zero attached hydrogens (tertiary/aromatic N) is 3. The highest BCUT2D eigenvalue weighted by molar-refractivity contribution is 5.27. The Kier molecular flexibility index (Phi) is 4.37. The van der Waals surface area contributed by atoms with Gasteiger partial charge in [-0.15, -0.1) is 0 Å². The summed E-state index contributed by atoms with van der Waals surface area (Å²) in [7, 11) is 3.62. The Labute approximate surface area is 117 Å². The standard InChI is InChI=1S/C14H18N4O2/c1-18(8-10-3-5-12(20-2)6-4-10)9-11-7-13(19)17-14(15)16-11/h3-7H,8-9H2,1-2H3,(H3,15,16,17,19). The normalized spacial score (nSPS) is 10.8. The van der Waals surface area contributed by atoms with Gasteiger partial charge in [-0.25, -0.2) is 4.98 Å². The minimum atomic E-state index is -0.106. The molecule has 0 atom stereocenters. The molecule has 0 saturated carbocycles. The lowest BCUT2D eigenvalue weighted by atomic mass is 10.2. The first-order chi connectivity index (χ1) is 9.56. The van der Waals surface area contributed by atoms with Crippen LogP contribution in [0.1, 0.15) is 11.3 Å². The van der Waals surface area contributed by atoms with Crippen LogP contribution in [0.25, 0.3) is 0 Å². The molecule has 106 valence electrons. The lowest BCUT2D eigenvalue weighted by molar-refractivity contribution is 0.313. The van der Waals surface area contributed by atoms with Crippen LogP contribution in [-0.4, -0.2) is 34.1 Å². The fraction of sp³-hybridized carbons (Fsp3) is 0.286. The minimum Gasteiger partial charge on any atom is -0.497 e. The van der Waals surface area contributed by atoms with E-state index in [1.807, 2.05) is 31.3 Å². The number of hydrogen-bond donors (Lipinski definition) is 2. The first-order valence-corrected chi connectivity index (χ1v) is 6.20. The molecule has 0 amide bonds. The summed E-state index contributed by atoms with van der Waals surface area (Å²) in [4.78, 5) is 9.79. The van der Waals surface area contributed by atoms with Gasteiger partial charge >= 0.3 is 0 Å². The van der Waals surface area contributed by atoms with E-state index in [1.54, 1.807) is 7.11 Å². The average Bonchev–Trinajstić information content (AvgIpc) is 2.38. The quantitative estimate of drug-likeness (QED) is 0.857. The van der Waals surface area contributed by atoms with E-state index in [-0.39, 0.29) is 11.8 Å². The molecule has 0 aliphatic rings. The molecule has 0 fully saturated rings. The number of anilines is 1. The van der Waals surface area contributed by atoms with E-state index >= 15 is 0 Å². The monoisotopic (exact) mass is 274 g/mol. The number of aromatic nitrogens is 2. The minimum absolute atomic E-state index is 0.0813. The molecule has 0 unspecified atom stereocenters. The van der Waals surface area contributed by atoms with Gasteiger partial charge in [0.1, 0.15) is 5.75 Å². The Morgan fingerprint density at radius 1 is 1.20 bits per heavy atom. The first kappa shape index (κ1) is 14.1. The molecule has 2 rings (SSSR count). The van der Waals surface area contributed by atoms with Crippen LogP contribution in [0.4, 0.5) is 5.95 Å². The highest BCUT2D eigenvalue weighted by atomic mass is 16.5. The summed E-state index contributed by atoms with van der Waals surface area (Å²) >= 11 is 0.